The molecule has 2 saturated heterocycles. The summed E-state index contributed by atoms with van der Waals surface area (Å²) >= 11 is 1.06. The second kappa shape index (κ2) is 9.49. The number of nitrogens with one attached hydrogen (secondary N) is 1. The van der Waals surface area contributed by atoms with Crippen molar-refractivity contribution in [3.8, 4) is 5.75 Å². The Morgan fingerprint density at radius 2 is 2.07 bits per heavy atom. The molecular weight excluding hydrogens is 374 g/mol. The van der Waals surface area contributed by atoms with Crippen LogP contribution in [0.5, 0.6) is 5.75 Å². The number of benzene rings is 1. The summed E-state index contributed by atoms with van der Waals surface area (Å²) in [5.74, 6) is -0.671. The Morgan fingerprint density at radius 3 is 2.78 bits per heavy atom. The lowest BCUT2D eigenvalue weighted by molar-refractivity contribution is -0.138. The number of amidine groups is 1. The lowest BCUT2D eigenvalue weighted by Gasteiger charge is -2.10. The van der Waals surface area contributed by atoms with Crippen molar-refractivity contribution in [1.29, 1.82) is 0 Å². The van der Waals surface area contributed by atoms with Gasteiger partial charge in [0.15, 0.2) is 11.5 Å². The van der Waals surface area contributed by atoms with Crippen molar-refractivity contribution in [3.05, 3.63) is 29.8 Å². The maximum absolute atomic E-state index is 11.6. The summed E-state index contributed by atoms with van der Waals surface area (Å²) in [4.78, 5) is 22.3. The van der Waals surface area contributed by atoms with Gasteiger partial charge in [0.2, 0.25) is 5.91 Å². The van der Waals surface area contributed by atoms with Crippen molar-refractivity contribution in [3.63, 3.8) is 0 Å². The van der Waals surface area contributed by atoms with Crippen LogP contribution in [0.25, 0.3) is 0 Å². The van der Waals surface area contributed by atoms with Crippen LogP contribution in [0.3, 0.4) is 0 Å². The zero-order chi connectivity index (χ0) is 19.1. The lowest BCUT2D eigenvalue weighted by Crippen LogP contribution is -2.26. The SMILES string of the molecule is O=C(O)CC1SC(=NN=Cc2ccc(OCCC3OCCO3)cc2)NC1=O. The third-order valence-corrected chi connectivity index (χ3v) is 4.76. The van der Waals surface area contributed by atoms with E-state index in [9.17, 15) is 9.59 Å². The predicted molar refractivity (Wildman–Crippen MR) is 99.0 cm³/mol. The van der Waals surface area contributed by atoms with Crippen molar-refractivity contribution < 1.29 is 28.9 Å². The molecule has 0 bridgehead atoms. The van der Waals surface area contributed by atoms with Crippen molar-refractivity contribution in [2.24, 2.45) is 10.2 Å². The van der Waals surface area contributed by atoms with Gasteiger partial charge in [0.05, 0.1) is 32.5 Å². The molecule has 2 N–H and O–H groups in total. The Hall–Kier alpha value is -2.43. The Labute approximate surface area is 159 Å². The van der Waals surface area contributed by atoms with Gasteiger partial charge in [-0.3, -0.25) is 9.59 Å². The van der Waals surface area contributed by atoms with Crippen molar-refractivity contribution in [1.82, 2.24) is 5.32 Å². The maximum atomic E-state index is 11.6. The molecule has 1 amide bonds. The summed E-state index contributed by atoms with van der Waals surface area (Å²) < 4.78 is 16.3. The number of nitrogens with zero attached hydrogens (tertiary/aromatic N) is 2. The highest BCUT2D eigenvalue weighted by molar-refractivity contribution is 8.15. The van der Waals surface area contributed by atoms with E-state index in [-0.39, 0.29) is 18.6 Å². The zero-order valence-corrected chi connectivity index (χ0v) is 15.2. The van der Waals surface area contributed by atoms with Gasteiger partial charge in [-0.25, -0.2) is 0 Å². The van der Waals surface area contributed by atoms with Crippen LogP contribution in [0.4, 0.5) is 0 Å². The minimum Gasteiger partial charge on any atom is -0.493 e. The molecule has 3 rings (SSSR count). The minimum atomic E-state index is -1.03. The smallest absolute Gasteiger partial charge is 0.305 e. The van der Waals surface area contributed by atoms with E-state index in [0.717, 1.165) is 23.1 Å². The molecule has 2 aliphatic heterocycles. The summed E-state index contributed by atoms with van der Waals surface area (Å²) in [7, 11) is 0. The monoisotopic (exact) mass is 393 g/mol. The first-order valence-corrected chi connectivity index (χ1v) is 9.24. The highest BCUT2D eigenvalue weighted by atomic mass is 32.2. The highest BCUT2D eigenvalue weighted by Crippen LogP contribution is 2.22. The highest BCUT2D eigenvalue weighted by Gasteiger charge is 2.32. The summed E-state index contributed by atoms with van der Waals surface area (Å²) in [5, 5.41) is 18.7. The second-order valence-corrected chi connectivity index (χ2v) is 6.91. The molecule has 10 heteroatoms. The quantitative estimate of drug-likeness (QED) is 0.503. The molecule has 0 spiro atoms. The van der Waals surface area contributed by atoms with Gasteiger partial charge in [-0.05, 0) is 29.8 Å². The van der Waals surface area contributed by atoms with Crippen LogP contribution in [0, 0.1) is 0 Å². The van der Waals surface area contributed by atoms with Crippen molar-refractivity contribution in [2.45, 2.75) is 24.4 Å². The van der Waals surface area contributed by atoms with Gasteiger partial charge < -0.3 is 24.6 Å². The van der Waals surface area contributed by atoms with Gasteiger partial charge in [-0.2, -0.15) is 5.10 Å². The summed E-state index contributed by atoms with van der Waals surface area (Å²) in [6.45, 7) is 1.76. The number of ether oxygens (including phenoxy) is 3. The number of carboxylic acid groups (broad SMARTS) is 1. The van der Waals surface area contributed by atoms with Gasteiger partial charge in [-0.1, -0.05) is 11.8 Å². The average molecular weight is 393 g/mol. The second-order valence-electron chi connectivity index (χ2n) is 5.72. The topological polar surface area (TPSA) is 119 Å². The van der Waals surface area contributed by atoms with E-state index in [2.05, 4.69) is 15.5 Å². The van der Waals surface area contributed by atoms with Crippen LogP contribution in [-0.4, -0.2) is 59.7 Å². The number of thioether (sulfide) groups is 1. The van der Waals surface area contributed by atoms with E-state index in [1.165, 1.54) is 6.21 Å². The van der Waals surface area contributed by atoms with Crippen LogP contribution in [0.2, 0.25) is 0 Å². The van der Waals surface area contributed by atoms with Gasteiger partial charge in [-0.15, -0.1) is 5.10 Å². The summed E-state index contributed by atoms with van der Waals surface area (Å²) in [6, 6.07) is 7.30. The molecule has 0 aromatic heterocycles. The standard InChI is InChI=1S/C17H19N3O6S/c21-14(22)9-13-16(23)19-17(27-13)20-18-10-11-1-3-12(4-2-11)24-6-5-15-25-7-8-26-15/h1-4,10,13,15H,5-9H2,(H,21,22)(H,19,20,23). The zero-order valence-electron chi connectivity index (χ0n) is 14.4. The largest absolute Gasteiger partial charge is 0.493 e. The molecule has 1 atom stereocenters. The average Bonchev–Trinajstić information content (AvgIpc) is 3.26. The van der Waals surface area contributed by atoms with Gasteiger partial charge in [0.1, 0.15) is 11.0 Å². The van der Waals surface area contributed by atoms with E-state index in [1.54, 1.807) is 0 Å². The van der Waals surface area contributed by atoms with Crippen LogP contribution >= 0.6 is 11.8 Å². The molecule has 2 heterocycles. The molecular formula is C17H19N3O6S. The molecule has 1 unspecified atom stereocenters. The number of carboxylic acids is 1. The van der Waals surface area contributed by atoms with Crippen molar-refractivity contribution >= 4 is 35.0 Å². The number of hydrogen-bond donors (Lipinski definition) is 2. The van der Waals surface area contributed by atoms with E-state index in [4.69, 9.17) is 19.3 Å². The Bertz CT molecular complexity index is 731. The molecule has 144 valence electrons. The van der Waals surface area contributed by atoms with Crippen LogP contribution in [0.1, 0.15) is 18.4 Å². The molecule has 27 heavy (non-hydrogen) atoms. The Kier molecular flexibility index (Phi) is 6.80. The first-order chi connectivity index (χ1) is 13.1. The number of amides is 1. The normalized spacial score (nSPS) is 21.9. The third kappa shape index (κ3) is 6.05. The van der Waals surface area contributed by atoms with E-state index < -0.39 is 11.2 Å². The van der Waals surface area contributed by atoms with E-state index in [0.29, 0.717) is 31.4 Å². The number of carbonyl (C=O) groups is 2. The first-order valence-electron chi connectivity index (χ1n) is 8.36. The molecule has 0 saturated carbocycles. The molecule has 0 radical (unpaired) electrons. The molecule has 1 aromatic carbocycles. The van der Waals surface area contributed by atoms with Gasteiger partial charge in [0, 0.05) is 6.42 Å². The Balaban J connectivity index is 1.45. The van der Waals surface area contributed by atoms with Crippen molar-refractivity contribution in [2.75, 3.05) is 19.8 Å². The number of hydrogen-bond acceptors (Lipinski definition) is 8. The lowest BCUT2D eigenvalue weighted by atomic mass is 10.2. The van der Waals surface area contributed by atoms with Crippen LogP contribution < -0.4 is 10.1 Å². The van der Waals surface area contributed by atoms with Crippen LogP contribution in [-0.2, 0) is 19.1 Å². The molecule has 0 aliphatic carbocycles. The van der Waals surface area contributed by atoms with E-state index >= 15 is 0 Å². The molecule has 9 nitrogen and oxygen atoms in total. The number of aliphatic carboxylic acids is 1. The maximum Gasteiger partial charge on any atom is 0.305 e. The van der Waals surface area contributed by atoms with Gasteiger partial charge >= 0.3 is 5.97 Å². The minimum absolute atomic E-state index is 0.181. The summed E-state index contributed by atoms with van der Waals surface area (Å²) in [5.41, 5.74) is 0.811. The fourth-order valence-corrected chi connectivity index (χ4v) is 3.31. The fourth-order valence-electron chi connectivity index (χ4n) is 2.39. The van der Waals surface area contributed by atoms with Crippen LogP contribution in [0.15, 0.2) is 34.5 Å². The summed E-state index contributed by atoms with van der Waals surface area (Å²) in [6.07, 6.45) is 1.78. The number of carbonyl (C=O) groups excluding carboxylic acids is 1. The molecule has 1 aromatic rings. The molecule has 2 fully saturated rings. The Morgan fingerprint density at radius 1 is 1.33 bits per heavy atom. The fraction of sp³-hybridized carbons (Fsp3) is 0.412. The molecule has 2 aliphatic rings. The van der Waals surface area contributed by atoms with E-state index in [1.807, 2.05) is 24.3 Å². The predicted octanol–water partition coefficient (Wildman–Crippen LogP) is 1.22. The number of rotatable bonds is 8. The first kappa shape index (κ1) is 19.3. The third-order valence-electron chi connectivity index (χ3n) is 3.69. The van der Waals surface area contributed by atoms with Gasteiger partial charge in [0.25, 0.3) is 0 Å².